The van der Waals surface area contributed by atoms with Crippen LogP contribution in [0.15, 0.2) is 23.3 Å². The van der Waals surface area contributed by atoms with Crippen molar-refractivity contribution >= 4 is 21.9 Å². The van der Waals surface area contributed by atoms with Gasteiger partial charge in [-0.3, -0.25) is 4.79 Å². The van der Waals surface area contributed by atoms with Crippen LogP contribution >= 0.6 is 0 Å². The lowest BCUT2D eigenvalue weighted by molar-refractivity contribution is 0.901. The lowest BCUT2D eigenvalue weighted by Gasteiger charge is -2.05. The van der Waals surface area contributed by atoms with Gasteiger partial charge in [0.2, 0.25) is 0 Å². The Kier molecular flexibility index (Phi) is 2.07. The van der Waals surface area contributed by atoms with Crippen LogP contribution < -0.4 is 11.4 Å². The highest BCUT2D eigenvalue weighted by Crippen LogP contribution is 2.21. The zero-order chi connectivity index (χ0) is 12.9. The van der Waals surface area contributed by atoms with Gasteiger partial charge < -0.3 is 5.84 Å². The van der Waals surface area contributed by atoms with Crippen LogP contribution in [0.1, 0.15) is 11.1 Å². The van der Waals surface area contributed by atoms with Gasteiger partial charge >= 0.3 is 0 Å². The van der Waals surface area contributed by atoms with E-state index >= 15 is 0 Å². The van der Waals surface area contributed by atoms with Gasteiger partial charge in [-0.25, -0.2) is 9.66 Å². The Bertz CT molecular complexity index is 837. The first-order valence-corrected chi connectivity index (χ1v) is 5.48. The van der Waals surface area contributed by atoms with Crippen LogP contribution in [-0.2, 0) is 0 Å². The Balaban J connectivity index is 2.58. The molecule has 0 amide bonds. The predicted octanol–water partition coefficient (Wildman–Crippen LogP) is 0.670. The van der Waals surface area contributed by atoms with Crippen molar-refractivity contribution in [1.29, 1.82) is 0 Å². The SMILES string of the molecule is Cc1cc2nnc3c(=O)n(N)cnc3c2cc1C. The molecule has 0 aliphatic rings. The Morgan fingerprint density at radius 2 is 1.83 bits per heavy atom. The number of nitrogen functional groups attached to an aromatic ring is 1. The summed E-state index contributed by atoms with van der Waals surface area (Å²) in [6.07, 6.45) is 1.29. The van der Waals surface area contributed by atoms with Crippen LogP contribution in [-0.4, -0.2) is 19.9 Å². The van der Waals surface area contributed by atoms with E-state index in [1.165, 1.54) is 6.33 Å². The maximum Gasteiger partial charge on any atom is 0.300 e. The molecule has 0 saturated heterocycles. The molecule has 3 rings (SSSR count). The number of nitrogens with two attached hydrogens (primary N) is 1. The van der Waals surface area contributed by atoms with Gasteiger partial charge in [0.25, 0.3) is 5.56 Å². The van der Waals surface area contributed by atoms with Gasteiger partial charge in [-0.15, -0.1) is 10.2 Å². The first kappa shape index (κ1) is 10.6. The van der Waals surface area contributed by atoms with Crippen molar-refractivity contribution < 1.29 is 0 Å². The number of fused-ring (bicyclic) bond motifs is 3. The number of nitrogens with zero attached hydrogens (tertiary/aromatic N) is 4. The molecule has 3 aromatic rings. The minimum Gasteiger partial charge on any atom is -0.335 e. The number of aryl methyl sites for hydroxylation is 2. The third-order valence-electron chi connectivity index (χ3n) is 3.10. The molecule has 0 bridgehead atoms. The lowest BCUT2D eigenvalue weighted by atomic mass is 10.1. The van der Waals surface area contributed by atoms with Gasteiger partial charge in [-0.05, 0) is 37.1 Å². The molecule has 2 heterocycles. The van der Waals surface area contributed by atoms with E-state index in [1.807, 2.05) is 26.0 Å². The summed E-state index contributed by atoms with van der Waals surface area (Å²) in [5.41, 5.74) is 3.31. The Morgan fingerprint density at radius 3 is 2.61 bits per heavy atom. The molecular formula is C12H11N5O. The van der Waals surface area contributed by atoms with Gasteiger partial charge in [0.1, 0.15) is 11.8 Å². The van der Waals surface area contributed by atoms with Crippen LogP contribution in [0.3, 0.4) is 0 Å². The van der Waals surface area contributed by atoms with E-state index < -0.39 is 5.56 Å². The fraction of sp³-hybridized carbons (Fsp3) is 0.167. The summed E-state index contributed by atoms with van der Waals surface area (Å²) < 4.78 is 0.907. The number of aromatic nitrogens is 4. The van der Waals surface area contributed by atoms with Crippen molar-refractivity contribution in [2.75, 3.05) is 5.84 Å². The standard InChI is InChI=1S/C12H11N5O/c1-6-3-8-9(4-7(6)2)15-16-11-10(8)14-5-17(13)12(11)18/h3-5H,13H2,1-2H3. The van der Waals surface area contributed by atoms with E-state index in [9.17, 15) is 4.79 Å². The van der Waals surface area contributed by atoms with E-state index in [4.69, 9.17) is 5.84 Å². The summed E-state index contributed by atoms with van der Waals surface area (Å²) in [6, 6.07) is 3.90. The second-order valence-electron chi connectivity index (χ2n) is 4.31. The van der Waals surface area contributed by atoms with E-state index in [-0.39, 0.29) is 5.52 Å². The third-order valence-corrected chi connectivity index (χ3v) is 3.10. The molecule has 6 nitrogen and oxygen atoms in total. The van der Waals surface area contributed by atoms with Crippen molar-refractivity contribution in [3.8, 4) is 0 Å². The smallest absolute Gasteiger partial charge is 0.300 e. The summed E-state index contributed by atoms with van der Waals surface area (Å²) >= 11 is 0. The predicted molar refractivity (Wildman–Crippen MR) is 68.7 cm³/mol. The molecule has 0 radical (unpaired) electrons. The van der Waals surface area contributed by atoms with E-state index in [1.54, 1.807) is 0 Å². The van der Waals surface area contributed by atoms with Crippen molar-refractivity contribution in [3.63, 3.8) is 0 Å². The maximum atomic E-state index is 11.8. The zero-order valence-electron chi connectivity index (χ0n) is 10.0. The molecule has 0 unspecified atom stereocenters. The number of hydrogen-bond acceptors (Lipinski definition) is 5. The molecule has 18 heavy (non-hydrogen) atoms. The Labute approximate surface area is 102 Å². The number of hydrogen-bond donors (Lipinski definition) is 1. The van der Waals surface area contributed by atoms with Crippen LogP contribution in [0, 0.1) is 13.8 Å². The molecule has 2 aromatic heterocycles. The summed E-state index contributed by atoms with van der Waals surface area (Å²) in [5.74, 6) is 5.46. The summed E-state index contributed by atoms with van der Waals surface area (Å²) in [7, 11) is 0. The molecule has 0 fully saturated rings. The molecule has 0 aliphatic heterocycles. The van der Waals surface area contributed by atoms with Crippen molar-refractivity contribution in [3.05, 3.63) is 39.9 Å². The minimum atomic E-state index is -0.396. The number of benzene rings is 1. The van der Waals surface area contributed by atoms with Crippen molar-refractivity contribution in [2.45, 2.75) is 13.8 Å². The highest BCUT2D eigenvalue weighted by Gasteiger charge is 2.10. The monoisotopic (exact) mass is 241 g/mol. The molecule has 0 atom stereocenters. The summed E-state index contributed by atoms with van der Waals surface area (Å²) in [6.45, 7) is 4.01. The fourth-order valence-corrected chi connectivity index (χ4v) is 1.92. The third kappa shape index (κ3) is 1.35. The van der Waals surface area contributed by atoms with Gasteiger partial charge in [-0.2, -0.15) is 0 Å². The van der Waals surface area contributed by atoms with Crippen LogP contribution in [0.5, 0.6) is 0 Å². The Hall–Kier alpha value is -2.50. The van der Waals surface area contributed by atoms with Gasteiger partial charge in [0, 0.05) is 5.39 Å². The quantitative estimate of drug-likeness (QED) is 0.461. The van der Waals surface area contributed by atoms with Crippen LogP contribution in [0.2, 0.25) is 0 Å². The molecule has 0 saturated carbocycles. The largest absolute Gasteiger partial charge is 0.335 e. The molecule has 0 aliphatic carbocycles. The van der Waals surface area contributed by atoms with E-state index in [0.717, 1.165) is 26.7 Å². The Morgan fingerprint density at radius 1 is 1.11 bits per heavy atom. The van der Waals surface area contributed by atoms with Gasteiger partial charge in [0.05, 0.1) is 5.52 Å². The molecule has 1 aromatic carbocycles. The molecule has 6 heteroatoms. The normalized spacial score (nSPS) is 11.2. The summed E-state index contributed by atoms with van der Waals surface area (Å²) in [4.78, 5) is 16.0. The van der Waals surface area contributed by atoms with Crippen molar-refractivity contribution in [1.82, 2.24) is 19.9 Å². The number of rotatable bonds is 0. The highest BCUT2D eigenvalue weighted by molar-refractivity contribution is 6.01. The second-order valence-corrected chi connectivity index (χ2v) is 4.31. The first-order chi connectivity index (χ1) is 8.58. The zero-order valence-corrected chi connectivity index (χ0v) is 10.0. The molecular weight excluding hydrogens is 230 g/mol. The van der Waals surface area contributed by atoms with Gasteiger partial charge in [0.15, 0.2) is 5.52 Å². The van der Waals surface area contributed by atoms with Crippen LogP contribution in [0.25, 0.3) is 21.9 Å². The molecule has 90 valence electrons. The van der Waals surface area contributed by atoms with Crippen molar-refractivity contribution in [2.24, 2.45) is 0 Å². The van der Waals surface area contributed by atoms with Gasteiger partial charge in [-0.1, -0.05) is 0 Å². The second kappa shape index (κ2) is 3.49. The first-order valence-electron chi connectivity index (χ1n) is 5.48. The van der Waals surface area contributed by atoms with E-state index in [2.05, 4.69) is 15.2 Å². The topological polar surface area (TPSA) is 86.7 Å². The van der Waals surface area contributed by atoms with E-state index in [0.29, 0.717) is 5.52 Å². The summed E-state index contributed by atoms with van der Waals surface area (Å²) in [5, 5.41) is 8.79. The molecule has 2 N–H and O–H groups in total. The van der Waals surface area contributed by atoms with Crippen LogP contribution in [0.4, 0.5) is 0 Å². The fourth-order valence-electron chi connectivity index (χ4n) is 1.92. The average Bonchev–Trinajstić information content (AvgIpc) is 2.35. The lowest BCUT2D eigenvalue weighted by Crippen LogP contribution is -2.28. The minimum absolute atomic E-state index is 0.191. The molecule has 0 spiro atoms. The average molecular weight is 241 g/mol. The highest BCUT2D eigenvalue weighted by atomic mass is 16.1. The maximum absolute atomic E-state index is 11.8.